The van der Waals surface area contributed by atoms with Gasteiger partial charge in [0.05, 0.1) is 11.4 Å². The molecule has 0 bridgehead atoms. The van der Waals surface area contributed by atoms with Gasteiger partial charge in [-0.1, -0.05) is 6.07 Å². The normalized spacial score (nSPS) is 14.0. The summed E-state index contributed by atoms with van der Waals surface area (Å²) >= 11 is 0. The minimum Gasteiger partial charge on any atom is -0.317 e. The molecule has 1 heterocycles. The second-order valence-corrected chi connectivity index (χ2v) is 8.15. The fourth-order valence-electron chi connectivity index (χ4n) is 2.95. The summed E-state index contributed by atoms with van der Waals surface area (Å²) in [5, 5.41) is 2.23. The van der Waals surface area contributed by atoms with Gasteiger partial charge in [0, 0.05) is 12.1 Å². The number of rotatable bonds is 4. The van der Waals surface area contributed by atoms with Crippen molar-refractivity contribution in [3.8, 4) is 0 Å². The number of fused-ring (bicyclic) bond motifs is 1. The second-order valence-electron chi connectivity index (χ2n) is 5.97. The molecule has 0 aliphatic carbocycles. The smallest absolute Gasteiger partial charge is 0.255 e. The highest BCUT2D eigenvalue weighted by Crippen LogP contribution is 2.31. The largest absolute Gasteiger partial charge is 0.317 e. The Kier molecular flexibility index (Phi) is 4.95. The lowest BCUT2D eigenvalue weighted by atomic mass is 10.0. The highest BCUT2D eigenvalue weighted by molar-refractivity contribution is 7.92. The van der Waals surface area contributed by atoms with Gasteiger partial charge in [-0.05, 0) is 55.7 Å². The maximum atomic E-state index is 13.7. The highest BCUT2D eigenvalue weighted by Gasteiger charge is 2.26. The molecule has 3 rings (SSSR count). The second kappa shape index (κ2) is 7.03. The average molecular weight is 380 g/mol. The molecule has 0 saturated carbocycles. The van der Waals surface area contributed by atoms with E-state index >= 15 is 0 Å². The van der Waals surface area contributed by atoms with Crippen LogP contribution in [0.3, 0.4) is 0 Å². The van der Waals surface area contributed by atoms with Crippen molar-refractivity contribution in [1.82, 2.24) is 0 Å². The topological polar surface area (TPSA) is 66.5 Å². The number of benzene rings is 2. The molecule has 0 fully saturated rings. The average Bonchev–Trinajstić information content (AvgIpc) is 2.63. The molecule has 1 aliphatic rings. The van der Waals surface area contributed by atoms with Gasteiger partial charge in [0.15, 0.2) is 0 Å². The quantitative estimate of drug-likeness (QED) is 0.885. The predicted octanol–water partition coefficient (Wildman–Crippen LogP) is 3.32. The first-order valence-corrected chi connectivity index (χ1v) is 9.83. The van der Waals surface area contributed by atoms with Crippen LogP contribution in [0.15, 0.2) is 36.4 Å². The summed E-state index contributed by atoms with van der Waals surface area (Å²) < 4.78 is 53.2. The summed E-state index contributed by atoms with van der Waals surface area (Å²) in [6, 6.07) is 7.91. The Morgan fingerprint density at radius 2 is 1.88 bits per heavy atom. The molecule has 1 N–H and O–H groups in total. The van der Waals surface area contributed by atoms with Crippen molar-refractivity contribution in [2.45, 2.75) is 19.8 Å². The predicted molar refractivity (Wildman–Crippen MR) is 95.9 cm³/mol. The van der Waals surface area contributed by atoms with E-state index in [1.54, 1.807) is 19.1 Å². The van der Waals surface area contributed by atoms with Crippen molar-refractivity contribution in [3.05, 3.63) is 59.2 Å². The Balaban J connectivity index is 1.90. The molecule has 0 saturated heterocycles. The number of hydrogen-bond donors (Lipinski definition) is 1. The third-order valence-electron chi connectivity index (χ3n) is 4.32. The minimum absolute atomic E-state index is 0.0127. The van der Waals surface area contributed by atoms with Crippen molar-refractivity contribution in [3.63, 3.8) is 0 Å². The summed E-state index contributed by atoms with van der Waals surface area (Å²) in [5.41, 5.74) is 0.967. The molecule has 1 amide bonds. The van der Waals surface area contributed by atoms with Crippen molar-refractivity contribution in [2.24, 2.45) is 0 Å². The number of carbonyl (C=O) groups is 1. The van der Waals surface area contributed by atoms with E-state index < -0.39 is 33.3 Å². The van der Waals surface area contributed by atoms with Gasteiger partial charge in [0.1, 0.15) is 17.3 Å². The molecule has 0 spiro atoms. The summed E-state index contributed by atoms with van der Waals surface area (Å²) in [5.74, 6) is -2.40. The zero-order chi connectivity index (χ0) is 18.9. The zero-order valence-electron chi connectivity index (χ0n) is 14.1. The number of amides is 1. The van der Waals surface area contributed by atoms with Crippen LogP contribution in [0.2, 0.25) is 0 Å². The van der Waals surface area contributed by atoms with Crippen molar-refractivity contribution < 1.29 is 22.0 Å². The fraction of sp³-hybridized carbons (Fsp3) is 0.278. The van der Waals surface area contributed by atoms with E-state index in [0.717, 1.165) is 17.7 Å². The maximum Gasteiger partial charge on any atom is 0.255 e. The Hall–Kier alpha value is -2.48. The molecule has 138 valence electrons. The summed E-state index contributed by atoms with van der Waals surface area (Å²) in [4.78, 5) is 12.4. The lowest BCUT2D eigenvalue weighted by Gasteiger charge is -2.30. The van der Waals surface area contributed by atoms with E-state index in [0.29, 0.717) is 25.1 Å². The Labute approximate surface area is 150 Å². The summed E-state index contributed by atoms with van der Waals surface area (Å²) in [6.45, 7) is 1.98. The minimum atomic E-state index is -3.39. The van der Waals surface area contributed by atoms with E-state index in [2.05, 4.69) is 5.32 Å². The molecule has 8 heteroatoms. The van der Waals surface area contributed by atoms with E-state index in [1.165, 1.54) is 16.4 Å². The number of para-hydroxylation sites is 1. The number of halogens is 2. The lowest BCUT2D eigenvalue weighted by Crippen LogP contribution is -2.36. The molecule has 0 atom stereocenters. The SMILES string of the molecule is CCS(=O)(=O)N1CCCc2cc(C(=O)Nc3c(F)cccc3F)ccc21. The molecule has 2 aromatic carbocycles. The van der Waals surface area contributed by atoms with E-state index in [-0.39, 0.29) is 11.3 Å². The van der Waals surface area contributed by atoms with Gasteiger partial charge >= 0.3 is 0 Å². The van der Waals surface area contributed by atoms with E-state index in [4.69, 9.17) is 0 Å². The van der Waals surface area contributed by atoms with E-state index in [9.17, 15) is 22.0 Å². The molecule has 2 aromatic rings. The van der Waals surface area contributed by atoms with Gasteiger partial charge in [0.25, 0.3) is 5.91 Å². The maximum absolute atomic E-state index is 13.7. The van der Waals surface area contributed by atoms with Crippen LogP contribution in [0.4, 0.5) is 20.2 Å². The molecular weight excluding hydrogens is 362 g/mol. The van der Waals surface area contributed by atoms with Crippen LogP contribution < -0.4 is 9.62 Å². The summed E-state index contributed by atoms with van der Waals surface area (Å²) in [7, 11) is -3.39. The molecule has 0 aromatic heterocycles. The fourth-order valence-corrected chi connectivity index (χ4v) is 4.15. The highest BCUT2D eigenvalue weighted by atomic mass is 32.2. The Morgan fingerprint density at radius 3 is 2.54 bits per heavy atom. The van der Waals surface area contributed by atoms with Gasteiger partial charge in [-0.25, -0.2) is 17.2 Å². The van der Waals surface area contributed by atoms with Gasteiger partial charge in [-0.15, -0.1) is 0 Å². The monoisotopic (exact) mass is 380 g/mol. The third-order valence-corrected chi connectivity index (χ3v) is 6.10. The van der Waals surface area contributed by atoms with Gasteiger partial charge in [-0.2, -0.15) is 0 Å². The lowest BCUT2D eigenvalue weighted by molar-refractivity contribution is 0.102. The van der Waals surface area contributed by atoms with E-state index in [1.807, 2.05) is 0 Å². The zero-order valence-corrected chi connectivity index (χ0v) is 14.9. The van der Waals surface area contributed by atoms with Crippen LogP contribution in [0.25, 0.3) is 0 Å². The number of nitrogens with zero attached hydrogens (tertiary/aromatic N) is 1. The molecule has 0 unspecified atom stereocenters. The number of anilines is 2. The third kappa shape index (κ3) is 3.41. The van der Waals surface area contributed by atoms with Crippen LogP contribution in [-0.4, -0.2) is 26.6 Å². The Morgan fingerprint density at radius 1 is 1.19 bits per heavy atom. The standard InChI is InChI=1S/C18H18F2N2O3S/c1-2-26(24,25)22-10-4-5-12-11-13(8-9-16(12)22)18(23)21-17-14(19)6-3-7-15(17)20/h3,6-9,11H,2,4-5,10H2,1H3,(H,21,23). The number of nitrogens with one attached hydrogen (secondary N) is 1. The van der Waals surface area contributed by atoms with Gasteiger partial charge in [0.2, 0.25) is 10.0 Å². The first kappa shape index (κ1) is 18.3. The first-order valence-electron chi connectivity index (χ1n) is 8.22. The molecule has 1 aliphatic heterocycles. The van der Waals surface area contributed by atoms with Gasteiger partial charge in [-0.3, -0.25) is 9.10 Å². The number of aryl methyl sites for hydroxylation is 1. The number of sulfonamides is 1. The molecule has 0 radical (unpaired) electrons. The van der Waals surface area contributed by atoms with Crippen LogP contribution in [-0.2, 0) is 16.4 Å². The van der Waals surface area contributed by atoms with Crippen LogP contribution in [0.1, 0.15) is 29.3 Å². The first-order chi connectivity index (χ1) is 12.3. The van der Waals surface area contributed by atoms with Crippen molar-refractivity contribution in [2.75, 3.05) is 21.9 Å². The van der Waals surface area contributed by atoms with Crippen LogP contribution in [0, 0.1) is 11.6 Å². The number of carbonyl (C=O) groups excluding carboxylic acids is 1. The van der Waals surface area contributed by atoms with Crippen LogP contribution in [0.5, 0.6) is 0 Å². The van der Waals surface area contributed by atoms with Gasteiger partial charge < -0.3 is 5.32 Å². The molecule has 5 nitrogen and oxygen atoms in total. The molecular formula is C18H18F2N2O3S. The van der Waals surface area contributed by atoms with Crippen molar-refractivity contribution in [1.29, 1.82) is 0 Å². The molecule has 26 heavy (non-hydrogen) atoms. The van der Waals surface area contributed by atoms with Crippen LogP contribution >= 0.6 is 0 Å². The van der Waals surface area contributed by atoms with Crippen molar-refractivity contribution >= 4 is 27.3 Å². The number of hydrogen-bond acceptors (Lipinski definition) is 3. The Bertz CT molecular complexity index is 941. The summed E-state index contributed by atoms with van der Waals surface area (Å²) in [6.07, 6.45) is 1.26.